The summed E-state index contributed by atoms with van der Waals surface area (Å²) >= 11 is 1.21. The number of aromatic nitrogens is 3. The number of amides is 1. The van der Waals surface area contributed by atoms with Gasteiger partial charge in [-0.15, -0.1) is 10.2 Å². The number of ketones is 1. The van der Waals surface area contributed by atoms with Gasteiger partial charge in [0, 0.05) is 18.1 Å². The van der Waals surface area contributed by atoms with Crippen LogP contribution in [-0.4, -0.2) is 33.7 Å². The summed E-state index contributed by atoms with van der Waals surface area (Å²) in [5.41, 5.74) is 3.12. The van der Waals surface area contributed by atoms with Crippen LogP contribution in [0.4, 0.5) is 0 Å². The molecule has 4 rings (SSSR count). The Morgan fingerprint density at radius 1 is 1.00 bits per heavy atom. The van der Waals surface area contributed by atoms with Crippen molar-refractivity contribution in [1.29, 1.82) is 0 Å². The van der Waals surface area contributed by atoms with E-state index in [1.165, 1.54) is 30.6 Å². The molecule has 0 saturated carbocycles. The monoisotopic (exact) mass is 420 g/mol. The maximum atomic E-state index is 12.9. The van der Waals surface area contributed by atoms with Gasteiger partial charge in [-0.25, -0.2) is 5.01 Å². The van der Waals surface area contributed by atoms with E-state index in [9.17, 15) is 9.59 Å². The maximum absolute atomic E-state index is 12.9. The molecule has 1 aliphatic rings. The number of ether oxygens (including phenoxy) is 1. The molecule has 152 valence electrons. The number of carbonyl (C=O) groups is 2. The van der Waals surface area contributed by atoms with Crippen molar-refractivity contribution in [2.45, 2.75) is 25.9 Å². The molecule has 0 bridgehead atoms. The van der Waals surface area contributed by atoms with Crippen molar-refractivity contribution in [2.75, 3.05) is 12.1 Å². The molecule has 3 aromatic rings. The molecule has 0 saturated heterocycles. The summed E-state index contributed by atoms with van der Waals surface area (Å²) < 4.78 is 7.01. The molecule has 0 unspecified atom stereocenters. The Bertz CT molecular complexity index is 1180. The molecule has 0 N–H and O–H groups in total. The topological polar surface area (TPSA) is 77.3 Å². The smallest absolute Gasteiger partial charge is 0.243 e. The van der Waals surface area contributed by atoms with E-state index in [0.717, 1.165) is 11.1 Å². The van der Waals surface area contributed by atoms with Crippen LogP contribution in [0.25, 0.3) is 17.1 Å². The average molecular weight is 420 g/mol. The number of allylic oxidation sites excluding steroid dienone is 1. The van der Waals surface area contributed by atoms with Gasteiger partial charge in [-0.3, -0.25) is 9.59 Å². The Kier molecular flexibility index (Phi) is 5.17. The SMILES string of the molecule is COc1cccc(C2=C(C(C)=O)Sc3nnc(-c4ccc(C)cc4)n3N2C(C)=O)c1. The lowest BCUT2D eigenvalue weighted by atomic mass is 10.1. The van der Waals surface area contributed by atoms with Crippen molar-refractivity contribution in [1.82, 2.24) is 14.9 Å². The average Bonchev–Trinajstić information content (AvgIpc) is 3.16. The zero-order valence-corrected chi connectivity index (χ0v) is 17.9. The highest BCUT2D eigenvalue weighted by atomic mass is 32.2. The van der Waals surface area contributed by atoms with Gasteiger partial charge < -0.3 is 4.74 Å². The van der Waals surface area contributed by atoms with Gasteiger partial charge >= 0.3 is 0 Å². The van der Waals surface area contributed by atoms with Crippen LogP contribution in [0, 0.1) is 6.92 Å². The summed E-state index contributed by atoms with van der Waals surface area (Å²) in [7, 11) is 1.57. The van der Waals surface area contributed by atoms with E-state index < -0.39 is 0 Å². The van der Waals surface area contributed by atoms with Gasteiger partial charge in [-0.2, -0.15) is 4.68 Å². The second-order valence-corrected chi connectivity index (χ2v) is 7.86. The van der Waals surface area contributed by atoms with Gasteiger partial charge in [0.1, 0.15) is 5.75 Å². The number of Topliss-reactive ketones (excluding diaryl/α,β-unsaturated/α-hetero) is 1. The minimum Gasteiger partial charge on any atom is -0.497 e. The van der Waals surface area contributed by atoms with Gasteiger partial charge in [0.25, 0.3) is 0 Å². The largest absolute Gasteiger partial charge is 0.497 e. The summed E-state index contributed by atoms with van der Waals surface area (Å²) in [6.07, 6.45) is 0. The molecule has 0 aliphatic carbocycles. The second kappa shape index (κ2) is 7.79. The quantitative estimate of drug-likeness (QED) is 0.639. The first-order valence-corrected chi connectivity index (χ1v) is 10.1. The normalized spacial score (nSPS) is 13.3. The minimum atomic E-state index is -0.263. The summed E-state index contributed by atoms with van der Waals surface area (Å²) in [6, 6.07) is 15.1. The number of benzene rings is 2. The highest BCUT2D eigenvalue weighted by molar-refractivity contribution is 8.04. The number of carbonyl (C=O) groups excluding carboxylic acids is 2. The first kappa shape index (κ1) is 19.9. The van der Waals surface area contributed by atoms with Gasteiger partial charge in [-0.05, 0) is 37.7 Å². The molecular weight excluding hydrogens is 400 g/mol. The summed E-state index contributed by atoms with van der Waals surface area (Å²) in [6.45, 7) is 4.94. The zero-order chi connectivity index (χ0) is 21.4. The highest BCUT2D eigenvalue weighted by Crippen LogP contribution is 2.41. The number of rotatable bonds is 4. The number of hydrogen-bond acceptors (Lipinski definition) is 6. The van der Waals surface area contributed by atoms with Gasteiger partial charge in [-0.1, -0.05) is 42.0 Å². The number of methoxy groups -OCH3 is 1. The van der Waals surface area contributed by atoms with Crippen LogP contribution in [0.2, 0.25) is 0 Å². The Labute approximate surface area is 178 Å². The van der Waals surface area contributed by atoms with Crippen molar-refractivity contribution in [3.05, 3.63) is 64.6 Å². The minimum absolute atomic E-state index is 0.157. The number of nitrogens with zero attached hydrogens (tertiary/aromatic N) is 4. The predicted octanol–water partition coefficient (Wildman–Crippen LogP) is 3.81. The molecule has 30 heavy (non-hydrogen) atoms. The van der Waals surface area contributed by atoms with E-state index in [1.807, 2.05) is 49.4 Å². The number of fused-ring (bicyclic) bond motifs is 1. The van der Waals surface area contributed by atoms with Crippen LogP contribution < -0.4 is 9.75 Å². The predicted molar refractivity (Wildman–Crippen MR) is 116 cm³/mol. The van der Waals surface area contributed by atoms with E-state index in [1.54, 1.807) is 17.9 Å². The van der Waals surface area contributed by atoms with Crippen molar-refractivity contribution < 1.29 is 14.3 Å². The maximum Gasteiger partial charge on any atom is 0.243 e. The Hall–Kier alpha value is -3.39. The Morgan fingerprint density at radius 3 is 2.37 bits per heavy atom. The van der Waals surface area contributed by atoms with Gasteiger partial charge in [0.05, 0.1) is 17.7 Å². The standard InChI is InChI=1S/C22H20N4O3S/c1-13-8-10-16(11-9-13)21-23-24-22-26(21)25(15(3)28)19(20(30-22)14(2)27)17-6-5-7-18(12-17)29-4/h5-12H,1-4H3. The van der Waals surface area contributed by atoms with Crippen molar-refractivity contribution in [3.8, 4) is 17.1 Å². The molecule has 1 aromatic heterocycles. The molecule has 8 heteroatoms. The van der Waals surface area contributed by atoms with E-state index >= 15 is 0 Å². The highest BCUT2D eigenvalue weighted by Gasteiger charge is 2.35. The molecule has 2 heterocycles. The van der Waals surface area contributed by atoms with Crippen molar-refractivity contribution in [2.24, 2.45) is 0 Å². The third-order valence-corrected chi connectivity index (χ3v) is 5.83. The molecule has 7 nitrogen and oxygen atoms in total. The van der Waals surface area contributed by atoms with Crippen LogP contribution in [0.3, 0.4) is 0 Å². The van der Waals surface area contributed by atoms with Crippen LogP contribution in [-0.2, 0) is 9.59 Å². The van der Waals surface area contributed by atoms with Crippen molar-refractivity contribution in [3.63, 3.8) is 0 Å². The lowest BCUT2D eigenvalue weighted by Gasteiger charge is -2.32. The van der Waals surface area contributed by atoms with Crippen LogP contribution in [0.5, 0.6) is 5.75 Å². The Morgan fingerprint density at radius 2 is 1.73 bits per heavy atom. The van der Waals surface area contributed by atoms with Crippen LogP contribution in [0.15, 0.2) is 58.6 Å². The molecule has 0 fully saturated rings. The van der Waals surface area contributed by atoms with Crippen molar-refractivity contribution >= 4 is 29.1 Å². The summed E-state index contributed by atoms with van der Waals surface area (Å²) in [4.78, 5) is 25.8. The lowest BCUT2D eigenvalue weighted by Crippen LogP contribution is -2.41. The first-order chi connectivity index (χ1) is 14.4. The van der Waals surface area contributed by atoms with Gasteiger partial charge in [0.15, 0.2) is 11.6 Å². The number of thioether (sulfide) groups is 1. The lowest BCUT2D eigenvalue weighted by molar-refractivity contribution is -0.117. The fourth-order valence-corrected chi connectivity index (χ4v) is 4.25. The van der Waals surface area contributed by atoms with E-state index in [2.05, 4.69) is 10.2 Å². The molecule has 0 radical (unpaired) electrons. The van der Waals surface area contributed by atoms with E-state index in [4.69, 9.17) is 4.74 Å². The Balaban J connectivity index is 1.96. The zero-order valence-electron chi connectivity index (χ0n) is 17.0. The third kappa shape index (κ3) is 3.39. The number of hydrogen-bond donors (Lipinski definition) is 0. The molecule has 2 aromatic carbocycles. The molecule has 0 spiro atoms. The van der Waals surface area contributed by atoms with E-state index in [-0.39, 0.29) is 11.7 Å². The van der Waals surface area contributed by atoms with Gasteiger partial charge in [0.2, 0.25) is 11.1 Å². The number of aryl methyl sites for hydroxylation is 1. The molecular formula is C22H20N4O3S. The third-order valence-electron chi connectivity index (χ3n) is 4.70. The first-order valence-electron chi connectivity index (χ1n) is 9.31. The van der Waals surface area contributed by atoms with Crippen LogP contribution >= 0.6 is 11.8 Å². The fourth-order valence-electron chi connectivity index (χ4n) is 3.29. The second-order valence-electron chi connectivity index (χ2n) is 6.88. The van der Waals surface area contributed by atoms with Crippen LogP contribution in [0.1, 0.15) is 25.0 Å². The fraction of sp³-hybridized carbons (Fsp3) is 0.182. The van der Waals surface area contributed by atoms with E-state index in [0.29, 0.717) is 32.9 Å². The summed E-state index contributed by atoms with van der Waals surface area (Å²) in [5.74, 6) is 0.733. The molecule has 0 atom stereocenters. The molecule has 1 amide bonds. The summed E-state index contributed by atoms with van der Waals surface area (Å²) in [5, 5.41) is 10.5. The molecule has 1 aliphatic heterocycles.